The van der Waals surface area contributed by atoms with Gasteiger partial charge < -0.3 is 10.2 Å². The molecule has 0 fully saturated rings. The first kappa shape index (κ1) is 14.8. The molecule has 0 aromatic carbocycles. The van der Waals surface area contributed by atoms with E-state index in [-0.39, 0.29) is 11.5 Å². The zero-order valence-electron chi connectivity index (χ0n) is 11.4. The van der Waals surface area contributed by atoms with E-state index in [2.05, 4.69) is 9.97 Å². The summed E-state index contributed by atoms with van der Waals surface area (Å²) in [5.41, 5.74) is 6.46. The molecule has 0 atom stereocenters. The summed E-state index contributed by atoms with van der Waals surface area (Å²) in [6, 6.07) is 2.67. The number of nitrogens with zero attached hydrogens (tertiary/aromatic N) is 2. The smallest absolute Gasteiger partial charge is 0.328 e. The summed E-state index contributed by atoms with van der Waals surface area (Å²) in [4.78, 5) is 20.4. The van der Waals surface area contributed by atoms with Crippen molar-refractivity contribution < 1.29 is 17.4 Å². The Kier molecular flexibility index (Phi) is 3.51. The predicted molar refractivity (Wildman–Crippen MR) is 75.6 cm³/mol. The maximum absolute atomic E-state index is 11.9. The lowest BCUT2D eigenvalue weighted by Crippen LogP contribution is -2.35. The molecule has 3 rings (SSSR count). The Morgan fingerprint density at radius 3 is 2.91 bits per heavy atom. The zero-order chi connectivity index (χ0) is 15.9. The number of nitrogens with one attached hydrogen (secondary N) is 1. The van der Waals surface area contributed by atoms with Crippen molar-refractivity contribution in [3.05, 3.63) is 39.5 Å². The van der Waals surface area contributed by atoms with Gasteiger partial charge in [-0.2, -0.15) is 8.42 Å². The van der Waals surface area contributed by atoms with E-state index >= 15 is 0 Å². The standard InChI is InChI=1S/C12H14N4O5S/c13-12-14-9-3-4-16(6-8(9)11(17)15-12)5-7-1-2-10(21-7)22(18,19)20/h1-2H,3-6H2,(H,18,19,20)(H3,13,14,15,17). The average Bonchev–Trinajstić information content (AvgIpc) is 2.88. The first-order valence-electron chi connectivity index (χ1n) is 6.49. The number of hydrogen-bond acceptors (Lipinski definition) is 7. The molecular formula is C12H14N4O5S. The lowest BCUT2D eigenvalue weighted by Gasteiger charge is -2.26. The van der Waals surface area contributed by atoms with Gasteiger partial charge in [0.15, 0.2) is 0 Å². The van der Waals surface area contributed by atoms with Gasteiger partial charge in [0, 0.05) is 19.5 Å². The molecule has 4 N–H and O–H groups in total. The summed E-state index contributed by atoms with van der Waals surface area (Å²) in [6.45, 7) is 1.31. The lowest BCUT2D eigenvalue weighted by atomic mass is 10.1. The Morgan fingerprint density at radius 2 is 2.23 bits per heavy atom. The summed E-state index contributed by atoms with van der Waals surface area (Å²) in [5, 5.41) is -0.493. The highest BCUT2D eigenvalue weighted by Gasteiger charge is 2.22. The number of hydrogen-bond donors (Lipinski definition) is 3. The zero-order valence-corrected chi connectivity index (χ0v) is 12.3. The molecule has 1 aliphatic rings. The van der Waals surface area contributed by atoms with Gasteiger partial charge in [0.1, 0.15) is 5.76 Å². The molecule has 0 spiro atoms. The van der Waals surface area contributed by atoms with E-state index in [1.54, 1.807) is 0 Å². The topological polar surface area (TPSA) is 143 Å². The highest BCUT2D eigenvalue weighted by molar-refractivity contribution is 7.85. The summed E-state index contributed by atoms with van der Waals surface area (Å²) in [6.07, 6.45) is 0.565. The molecule has 0 aliphatic carbocycles. The van der Waals surface area contributed by atoms with Crippen molar-refractivity contribution in [2.24, 2.45) is 0 Å². The van der Waals surface area contributed by atoms with Gasteiger partial charge in [-0.3, -0.25) is 19.2 Å². The van der Waals surface area contributed by atoms with Crippen LogP contribution in [0.3, 0.4) is 0 Å². The molecule has 0 amide bonds. The number of aromatic nitrogens is 2. The molecule has 0 saturated heterocycles. The first-order chi connectivity index (χ1) is 10.3. The number of rotatable bonds is 3. The summed E-state index contributed by atoms with van der Waals surface area (Å²) in [5.74, 6) is 0.483. The third-order valence-corrected chi connectivity index (χ3v) is 4.16. The number of nitrogens with two attached hydrogens (primary N) is 1. The molecule has 2 aromatic rings. The van der Waals surface area contributed by atoms with Crippen LogP contribution in [0.25, 0.3) is 0 Å². The molecule has 9 nitrogen and oxygen atoms in total. The monoisotopic (exact) mass is 326 g/mol. The van der Waals surface area contributed by atoms with Crippen LogP contribution in [-0.4, -0.2) is 34.4 Å². The van der Waals surface area contributed by atoms with Gasteiger partial charge in [0.2, 0.25) is 11.0 Å². The fourth-order valence-corrected chi connectivity index (χ4v) is 2.89. The Bertz CT molecular complexity index is 870. The van der Waals surface area contributed by atoms with Crippen LogP contribution in [-0.2, 0) is 29.6 Å². The van der Waals surface area contributed by atoms with Crippen LogP contribution < -0.4 is 11.3 Å². The molecule has 0 radical (unpaired) electrons. The number of H-pyrrole nitrogens is 1. The fraction of sp³-hybridized carbons (Fsp3) is 0.333. The van der Waals surface area contributed by atoms with Crippen LogP contribution in [0.15, 0.2) is 26.4 Å². The van der Waals surface area contributed by atoms with Gasteiger partial charge in [-0.25, -0.2) is 4.98 Å². The largest absolute Gasteiger partial charge is 0.446 e. The van der Waals surface area contributed by atoms with Crippen molar-refractivity contribution in [2.75, 3.05) is 12.3 Å². The van der Waals surface area contributed by atoms with Crippen molar-refractivity contribution in [3.63, 3.8) is 0 Å². The van der Waals surface area contributed by atoms with E-state index in [1.165, 1.54) is 12.1 Å². The van der Waals surface area contributed by atoms with Gasteiger partial charge >= 0.3 is 10.1 Å². The Hall–Kier alpha value is -2.17. The van der Waals surface area contributed by atoms with Crippen molar-refractivity contribution in [2.45, 2.75) is 24.6 Å². The molecule has 3 heterocycles. The number of aromatic amines is 1. The highest BCUT2D eigenvalue weighted by atomic mass is 32.2. The van der Waals surface area contributed by atoms with Crippen molar-refractivity contribution in [3.8, 4) is 0 Å². The van der Waals surface area contributed by atoms with Crippen molar-refractivity contribution >= 4 is 16.1 Å². The minimum Gasteiger partial charge on any atom is -0.446 e. The SMILES string of the molecule is Nc1nc2c(c(=O)[nH]1)CN(Cc1ccc(S(=O)(=O)O)o1)CC2. The van der Waals surface area contributed by atoms with Crippen LogP contribution in [0.5, 0.6) is 0 Å². The van der Waals surface area contributed by atoms with Crippen molar-refractivity contribution in [1.82, 2.24) is 14.9 Å². The number of fused-ring (bicyclic) bond motifs is 1. The minimum absolute atomic E-state index is 0.0982. The molecular weight excluding hydrogens is 312 g/mol. The van der Waals surface area contributed by atoms with Gasteiger partial charge in [-0.1, -0.05) is 0 Å². The van der Waals surface area contributed by atoms with Crippen LogP contribution >= 0.6 is 0 Å². The molecule has 22 heavy (non-hydrogen) atoms. The quantitative estimate of drug-likeness (QED) is 0.655. The molecule has 0 unspecified atom stereocenters. The van der Waals surface area contributed by atoms with E-state index < -0.39 is 15.2 Å². The molecule has 118 valence electrons. The Morgan fingerprint density at radius 1 is 1.45 bits per heavy atom. The van der Waals surface area contributed by atoms with E-state index in [4.69, 9.17) is 14.7 Å². The molecule has 0 bridgehead atoms. The summed E-state index contributed by atoms with van der Waals surface area (Å²) in [7, 11) is -4.35. The first-order valence-corrected chi connectivity index (χ1v) is 7.93. The van der Waals surface area contributed by atoms with E-state index in [9.17, 15) is 13.2 Å². The van der Waals surface area contributed by atoms with E-state index in [0.29, 0.717) is 43.1 Å². The van der Waals surface area contributed by atoms with Crippen LogP contribution in [0.1, 0.15) is 17.0 Å². The normalized spacial score (nSPS) is 15.7. The molecule has 0 saturated carbocycles. The van der Waals surface area contributed by atoms with Crippen LogP contribution in [0.4, 0.5) is 5.95 Å². The predicted octanol–water partition coefficient (Wildman–Crippen LogP) is -0.250. The Balaban J connectivity index is 1.78. The molecule has 1 aliphatic heterocycles. The second-order valence-corrected chi connectivity index (χ2v) is 6.39. The lowest BCUT2D eigenvalue weighted by molar-refractivity contribution is 0.215. The van der Waals surface area contributed by atoms with Crippen molar-refractivity contribution in [1.29, 1.82) is 0 Å². The number of anilines is 1. The van der Waals surface area contributed by atoms with Gasteiger partial charge in [-0.05, 0) is 12.1 Å². The third-order valence-electron chi connectivity index (χ3n) is 3.44. The fourth-order valence-electron chi connectivity index (χ4n) is 2.44. The maximum Gasteiger partial charge on any atom is 0.328 e. The third kappa shape index (κ3) is 2.89. The molecule has 10 heteroatoms. The highest BCUT2D eigenvalue weighted by Crippen LogP contribution is 2.19. The van der Waals surface area contributed by atoms with Gasteiger partial charge in [0.05, 0.1) is 17.8 Å². The van der Waals surface area contributed by atoms with Gasteiger partial charge in [0.25, 0.3) is 5.56 Å². The minimum atomic E-state index is -4.35. The average molecular weight is 326 g/mol. The summed E-state index contributed by atoms with van der Waals surface area (Å²) >= 11 is 0. The number of furan rings is 1. The second kappa shape index (κ2) is 5.23. The number of nitrogen functional groups attached to an aromatic ring is 1. The van der Waals surface area contributed by atoms with E-state index in [0.717, 1.165) is 0 Å². The molecule has 2 aromatic heterocycles. The summed E-state index contributed by atoms with van der Waals surface area (Å²) < 4.78 is 35.9. The second-order valence-electron chi connectivity index (χ2n) is 5.03. The Labute approximate surface area is 125 Å². The van der Waals surface area contributed by atoms with E-state index in [1.807, 2.05) is 4.90 Å². The maximum atomic E-state index is 11.9. The van der Waals surface area contributed by atoms with Crippen LogP contribution in [0, 0.1) is 0 Å². The van der Waals surface area contributed by atoms with Crippen LogP contribution in [0.2, 0.25) is 0 Å². The van der Waals surface area contributed by atoms with Gasteiger partial charge in [-0.15, -0.1) is 0 Å².